The van der Waals surface area contributed by atoms with Gasteiger partial charge in [0.1, 0.15) is 23.0 Å². The van der Waals surface area contributed by atoms with Crippen LogP contribution in [0.1, 0.15) is 179 Å². The molecule has 0 radical (unpaired) electrons. The minimum absolute atomic E-state index is 0.376. The maximum atomic E-state index is 6.31. The lowest BCUT2D eigenvalue weighted by molar-refractivity contribution is 0.0933. The fourth-order valence-corrected chi connectivity index (χ4v) is 6.67. The predicted octanol–water partition coefficient (Wildman–Crippen LogP) is 13.9. The number of aromatic nitrogens is 1. The molecule has 0 atom stereocenters. The lowest BCUT2D eigenvalue weighted by Crippen LogP contribution is -2.07. The van der Waals surface area contributed by atoms with Gasteiger partial charge in [0.05, 0.1) is 75.4 Å². The van der Waals surface area contributed by atoms with Crippen molar-refractivity contribution in [2.45, 2.75) is 183 Å². The number of benzene rings is 2. The Morgan fingerprint density at radius 3 is 0.929 bits per heavy atom. The summed E-state index contributed by atoms with van der Waals surface area (Å²) < 4.78 is 37.9. The maximum absolute atomic E-state index is 6.31. The summed E-state index contributed by atoms with van der Waals surface area (Å²) in [5.41, 5.74) is 3.65. The maximum Gasteiger partial charge on any atom is 0.128 e. The Kier molecular flexibility index (Phi) is 26.7. The molecule has 0 aliphatic heterocycles. The summed E-state index contributed by atoms with van der Waals surface area (Å²) in [6.07, 6.45) is 24.0. The van der Waals surface area contributed by atoms with Gasteiger partial charge in [-0.15, -0.1) is 0 Å². The SMILES string of the molecule is CCCCCCCOc1cccc(OCCCCCCC)c1COCc1cccc(COCc2c(OCCCCCCC)cccc2OCCCCCCC)n1. The molecular weight excluding hydrogens is 699 g/mol. The molecule has 2 aromatic carbocycles. The van der Waals surface area contributed by atoms with E-state index in [9.17, 15) is 0 Å². The fourth-order valence-electron chi connectivity index (χ4n) is 6.67. The highest BCUT2D eigenvalue weighted by Gasteiger charge is 2.14. The fraction of sp³-hybridized carbons (Fsp3) is 0.653. The molecule has 56 heavy (non-hydrogen) atoms. The van der Waals surface area contributed by atoms with Gasteiger partial charge < -0.3 is 28.4 Å². The third-order valence-electron chi connectivity index (χ3n) is 10.1. The summed E-state index contributed by atoms with van der Waals surface area (Å²) in [5, 5.41) is 0. The molecule has 314 valence electrons. The minimum atomic E-state index is 0.376. The van der Waals surface area contributed by atoms with E-state index in [0.717, 1.165) is 71.2 Å². The normalized spacial score (nSPS) is 11.2. The van der Waals surface area contributed by atoms with E-state index in [1.165, 1.54) is 103 Å². The van der Waals surface area contributed by atoms with E-state index in [0.29, 0.717) is 52.9 Å². The van der Waals surface area contributed by atoms with Gasteiger partial charge in [-0.1, -0.05) is 149 Å². The smallest absolute Gasteiger partial charge is 0.128 e. The zero-order valence-electron chi connectivity index (χ0n) is 35.9. The molecule has 3 rings (SSSR count). The summed E-state index contributed by atoms with van der Waals surface area (Å²) >= 11 is 0. The monoisotopic (exact) mass is 776 g/mol. The van der Waals surface area contributed by atoms with Gasteiger partial charge in [0.25, 0.3) is 0 Å². The molecule has 0 fully saturated rings. The molecule has 7 nitrogen and oxygen atoms in total. The number of ether oxygens (including phenoxy) is 6. The number of hydrogen-bond acceptors (Lipinski definition) is 7. The van der Waals surface area contributed by atoms with Crippen LogP contribution in [-0.4, -0.2) is 31.4 Å². The number of rotatable bonds is 36. The molecule has 0 aliphatic carbocycles. The van der Waals surface area contributed by atoms with Crippen LogP contribution in [0.3, 0.4) is 0 Å². The van der Waals surface area contributed by atoms with Crippen LogP contribution in [0.4, 0.5) is 0 Å². The van der Waals surface area contributed by atoms with Crippen LogP contribution in [0.15, 0.2) is 54.6 Å². The Hall–Kier alpha value is -3.29. The lowest BCUT2D eigenvalue weighted by atomic mass is 10.1. The number of nitrogens with zero attached hydrogens (tertiary/aromatic N) is 1. The minimum Gasteiger partial charge on any atom is -0.493 e. The highest BCUT2D eigenvalue weighted by molar-refractivity contribution is 5.45. The van der Waals surface area contributed by atoms with Crippen LogP contribution in [0.25, 0.3) is 0 Å². The van der Waals surface area contributed by atoms with E-state index in [1.807, 2.05) is 54.6 Å². The Labute approximate surface area is 341 Å². The second-order valence-electron chi connectivity index (χ2n) is 15.1. The van der Waals surface area contributed by atoms with Gasteiger partial charge in [0, 0.05) is 0 Å². The van der Waals surface area contributed by atoms with Gasteiger partial charge in [0.2, 0.25) is 0 Å². The van der Waals surface area contributed by atoms with Crippen molar-refractivity contribution in [1.82, 2.24) is 4.98 Å². The number of pyridine rings is 1. The molecule has 0 unspecified atom stereocenters. The van der Waals surface area contributed by atoms with E-state index >= 15 is 0 Å². The van der Waals surface area contributed by atoms with Gasteiger partial charge in [0.15, 0.2) is 0 Å². The summed E-state index contributed by atoms with van der Waals surface area (Å²) in [4.78, 5) is 4.89. The van der Waals surface area contributed by atoms with Crippen molar-refractivity contribution in [3.8, 4) is 23.0 Å². The average molecular weight is 776 g/mol. The Morgan fingerprint density at radius 1 is 0.339 bits per heavy atom. The van der Waals surface area contributed by atoms with Crippen molar-refractivity contribution >= 4 is 0 Å². The van der Waals surface area contributed by atoms with E-state index in [1.54, 1.807) is 0 Å². The molecule has 0 spiro atoms. The van der Waals surface area contributed by atoms with Crippen molar-refractivity contribution in [1.29, 1.82) is 0 Å². The topological polar surface area (TPSA) is 68.3 Å². The van der Waals surface area contributed by atoms with Crippen LogP contribution >= 0.6 is 0 Å². The van der Waals surface area contributed by atoms with E-state index < -0.39 is 0 Å². The van der Waals surface area contributed by atoms with Gasteiger partial charge in [-0.25, -0.2) is 0 Å². The second kappa shape index (κ2) is 31.8. The lowest BCUT2D eigenvalue weighted by Gasteiger charge is -2.17. The van der Waals surface area contributed by atoms with Gasteiger partial charge >= 0.3 is 0 Å². The molecule has 1 aromatic heterocycles. The van der Waals surface area contributed by atoms with Gasteiger partial charge in [-0.05, 0) is 62.1 Å². The molecule has 7 heteroatoms. The quantitative estimate of drug-likeness (QED) is 0.0545. The predicted molar refractivity (Wildman–Crippen MR) is 231 cm³/mol. The van der Waals surface area contributed by atoms with E-state index in [-0.39, 0.29) is 0 Å². The first kappa shape index (κ1) is 47.1. The first-order valence-corrected chi connectivity index (χ1v) is 22.5. The number of unbranched alkanes of at least 4 members (excludes halogenated alkanes) is 16. The van der Waals surface area contributed by atoms with Crippen LogP contribution in [0.5, 0.6) is 23.0 Å². The molecule has 0 saturated carbocycles. The summed E-state index contributed by atoms with van der Waals surface area (Å²) in [7, 11) is 0. The highest BCUT2D eigenvalue weighted by atomic mass is 16.5. The zero-order valence-corrected chi connectivity index (χ0v) is 35.9. The highest BCUT2D eigenvalue weighted by Crippen LogP contribution is 2.32. The Morgan fingerprint density at radius 2 is 0.625 bits per heavy atom. The van der Waals surface area contributed by atoms with Crippen molar-refractivity contribution in [3.05, 3.63) is 77.1 Å². The van der Waals surface area contributed by atoms with E-state index in [4.69, 9.17) is 33.4 Å². The second-order valence-corrected chi connectivity index (χ2v) is 15.1. The average Bonchev–Trinajstić information content (AvgIpc) is 3.21. The third kappa shape index (κ3) is 20.2. The van der Waals surface area contributed by atoms with Crippen molar-refractivity contribution in [2.75, 3.05) is 26.4 Å². The zero-order chi connectivity index (χ0) is 39.7. The van der Waals surface area contributed by atoms with Crippen molar-refractivity contribution in [3.63, 3.8) is 0 Å². The molecule has 0 N–H and O–H groups in total. The Balaban J connectivity index is 1.59. The van der Waals surface area contributed by atoms with Crippen molar-refractivity contribution in [2.24, 2.45) is 0 Å². The summed E-state index contributed by atoms with van der Waals surface area (Å²) in [6, 6.07) is 18.2. The van der Waals surface area contributed by atoms with E-state index in [2.05, 4.69) is 27.7 Å². The molecule has 0 amide bonds. The van der Waals surface area contributed by atoms with Gasteiger partial charge in [-0.3, -0.25) is 4.98 Å². The molecule has 1 heterocycles. The molecular formula is C49H77NO6. The molecule has 0 saturated heterocycles. The molecule has 0 bridgehead atoms. The van der Waals surface area contributed by atoms with Crippen LogP contribution < -0.4 is 18.9 Å². The van der Waals surface area contributed by atoms with Crippen LogP contribution in [0, 0.1) is 0 Å². The third-order valence-corrected chi connectivity index (χ3v) is 10.1. The molecule has 3 aromatic rings. The first-order valence-electron chi connectivity index (χ1n) is 22.5. The first-order chi connectivity index (χ1) is 27.7. The Bertz CT molecular complexity index is 1230. The largest absolute Gasteiger partial charge is 0.493 e. The molecule has 0 aliphatic rings. The number of hydrogen-bond donors (Lipinski definition) is 0. The standard InChI is InChI=1S/C49H77NO6/c1-5-9-13-17-21-34-53-46-30-26-31-47(54-35-22-18-14-10-6-2)44(46)40-51-38-42-28-25-29-43(50-42)39-52-41-45-48(55-36-23-19-15-11-7-3)32-27-33-49(45)56-37-24-20-16-12-8-4/h25-33H,5-24,34-41H2,1-4H3. The van der Waals surface area contributed by atoms with Gasteiger partial charge in [-0.2, -0.15) is 0 Å². The summed E-state index contributed by atoms with van der Waals surface area (Å²) in [5.74, 6) is 3.39. The van der Waals surface area contributed by atoms with Crippen LogP contribution in [0.2, 0.25) is 0 Å². The van der Waals surface area contributed by atoms with Crippen molar-refractivity contribution < 1.29 is 28.4 Å². The summed E-state index contributed by atoms with van der Waals surface area (Å²) in [6.45, 7) is 13.3. The van der Waals surface area contributed by atoms with Crippen LogP contribution in [-0.2, 0) is 35.9 Å².